The van der Waals surface area contributed by atoms with Crippen LogP contribution in [-0.2, 0) is 0 Å². The van der Waals surface area contributed by atoms with Crippen LogP contribution in [0.5, 0.6) is 0 Å². The monoisotopic (exact) mass is 731 g/mol. The Morgan fingerprint density at radius 2 is 1.21 bits per heavy atom. The zero-order valence-electron chi connectivity index (χ0n) is 31.3. The van der Waals surface area contributed by atoms with Gasteiger partial charge in [0.25, 0.3) is 0 Å². The lowest BCUT2D eigenvalue weighted by molar-refractivity contribution is 0.669. The molecule has 9 aromatic rings. The summed E-state index contributed by atoms with van der Waals surface area (Å²) in [4.78, 5) is 15.7. The standard InChI is InChI=1S/C53H37N3O/c1-3-14-36(15-4-1)44-28-26-43(33-46(44)42-25-23-35-13-8-10-19-39(35)31-42)52-54-51(37-16-5-2-6-17-37)55-53(56-52)45-20-11-21-49-50(45)47-32-41(27-29-48(47)57-49)40-24-22-34-12-7-9-18-38(34)30-40/h1,3-5,7-14,16-33,36H,2,6,15H2. The fraction of sp³-hybridized carbons (Fsp3) is 0.0755. The third-order valence-corrected chi connectivity index (χ3v) is 11.5. The Bertz CT molecular complexity index is 3180. The Morgan fingerprint density at radius 3 is 2.00 bits per heavy atom. The Labute approximate surface area is 330 Å². The molecular formula is C53H37N3O. The van der Waals surface area contributed by atoms with Crippen molar-refractivity contribution in [3.63, 3.8) is 0 Å². The number of fused-ring (bicyclic) bond motifs is 5. The second kappa shape index (κ2) is 13.8. The number of rotatable bonds is 6. The molecule has 0 radical (unpaired) electrons. The van der Waals surface area contributed by atoms with Crippen molar-refractivity contribution >= 4 is 49.1 Å². The molecule has 1 unspecified atom stereocenters. The smallest absolute Gasteiger partial charge is 0.164 e. The SMILES string of the molecule is C1=CCC(c2ccc(-c3nc(C4=CCCC=C4)nc(-c4cccc5oc6ccc(-c7ccc8ccccc8c7)cc6c45)n3)cc2-c2ccc3ccccc3c2)C=C1. The van der Waals surface area contributed by atoms with Crippen LogP contribution in [0.3, 0.4) is 0 Å². The van der Waals surface area contributed by atoms with E-state index < -0.39 is 0 Å². The summed E-state index contributed by atoms with van der Waals surface area (Å²) in [6, 6.07) is 49.8. The molecule has 2 aliphatic rings. The lowest BCUT2D eigenvalue weighted by atomic mass is 9.85. The molecule has 0 saturated heterocycles. The topological polar surface area (TPSA) is 51.8 Å². The van der Waals surface area contributed by atoms with E-state index in [2.05, 4.69) is 170 Å². The molecule has 0 N–H and O–H groups in total. The minimum atomic E-state index is 0.277. The summed E-state index contributed by atoms with van der Waals surface area (Å²) in [7, 11) is 0. The van der Waals surface area contributed by atoms with Crippen molar-refractivity contribution in [3.8, 4) is 45.0 Å². The molecule has 2 aromatic heterocycles. The van der Waals surface area contributed by atoms with Crippen LogP contribution in [0.2, 0.25) is 0 Å². The van der Waals surface area contributed by atoms with Crippen LogP contribution in [0.15, 0.2) is 186 Å². The Hall–Kier alpha value is -7.17. The van der Waals surface area contributed by atoms with Crippen LogP contribution in [0, 0.1) is 0 Å². The molecule has 0 saturated carbocycles. The van der Waals surface area contributed by atoms with Gasteiger partial charge >= 0.3 is 0 Å². The van der Waals surface area contributed by atoms with Crippen molar-refractivity contribution < 1.29 is 4.42 Å². The first kappa shape index (κ1) is 33.2. The van der Waals surface area contributed by atoms with Crippen molar-refractivity contribution in [2.24, 2.45) is 0 Å². The van der Waals surface area contributed by atoms with Gasteiger partial charge in [0.05, 0.1) is 0 Å². The van der Waals surface area contributed by atoms with Gasteiger partial charge in [-0.1, -0.05) is 146 Å². The van der Waals surface area contributed by atoms with Crippen molar-refractivity contribution in [2.45, 2.75) is 25.2 Å². The minimum absolute atomic E-state index is 0.277. The number of furan rings is 1. The number of hydrogen-bond acceptors (Lipinski definition) is 4. The highest BCUT2D eigenvalue weighted by Gasteiger charge is 2.21. The third kappa shape index (κ3) is 6.07. The number of benzene rings is 7. The molecule has 2 heterocycles. The van der Waals surface area contributed by atoms with Gasteiger partial charge < -0.3 is 4.42 Å². The molecule has 11 rings (SSSR count). The van der Waals surface area contributed by atoms with Crippen LogP contribution >= 0.6 is 0 Å². The third-order valence-electron chi connectivity index (χ3n) is 11.5. The molecule has 270 valence electrons. The fourth-order valence-corrected chi connectivity index (χ4v) is 8.53. The average Bonchev–Trinajstić information content (AvgIpc) is 3.67. The van der Waals surface area contributed by atoms with E-state index in [0.29, 0.717) is 17.5 Å². The number of aromatic nitrogens is 3. The molecule has 0 spiro atoms. The van der Waals surface area contributed by atoms with E-state index in [9.17, 15) is 0 Å². The van der Waals surface area contributed by atoms with Crippen LogP contribution in [0.4, 0.5) is 0 Å². The van der Waals surface area contributed by atoms with Crippen LogP contribution < -0.4 is 0 Å². The van der Waals surface area contributed by atoms with Crippen LogP contribution in [0.25, 0.3) is 94.1 Å². The van der Waals surface area contributed by atoms with Gasteiger partial charge in [0.1, 0.15) is 11.2 Å². The lowest BCUT2D eigenvalue weighted by Gasteiger charge is -2.20. The Balaban J connectivity index is 1.10. The quantitative estimate of drug-likeness (QED) is 0.171. The van der Waals surface area contributed by atoms with Crippen molar-refractivity contribution in [1.82, 2.24) is 15.0 Å². The number of allylic oxidation sites excluding steroid dienone is 8. The molecule has 4 nitrogen and oxygen atoms in total. The molecule has 7 aromatic carbocycles. The molecule has 1 atom stereocenters. The highest BCUT2D eigenvalue weighted by atomic mass is 16.3. The van der Waals surface area contributed by atoms with Gasteiger partial charge in [0, 0.05) is 33.4 Å². The number of hydrogen-bond donors (Lipinski definition) is 0. The van der Waals surface area contributed by atoms with Crippen molar-refractivity contribution in [3.05, 3.63) is 193 Å². The maximum atomic E-state index is 6.50. The zero-order valence-corrected chi connectivity index (χ0v) is 31.3. The van der Waals surface area contributed by atoms with Gasteiger partial charge in [0.15, 0.2) is 17.5 Å². The van der Waals surface area contributed by atoms with Gasteiger partial charge in [-0.25, -0.2) is 15.0 Å². The Kier molecular flexibility index (Phi) is 8.06. The highest BCUT2D eigenvalue weighted by Crippen LogP contribution is 2.41. The van der Waals surface area contributed by atoms with Gasteiger partial charge in [-0.2, -0.15) is 0 Å². The summed E-state index contributed by atoms with van der Waals surface area (Å²) >= 11 is 0. The molecule has 2 aliphatic carbocycles. The Morgan fingerprint density at radius 1 is 0.491 bits per heavy atom. The molecule has 0 fully saturated rings. The summed E-state index contributed by atoms with van der Waals surface area (Å²) < 4.78 is 6.50. The van der Waals surface area contributed by atoms with E-state index in [4.69, 9.17) is 19.4 Å². The number of nitrogens with zero attached hydrogens (tertiary/aromatic N) is 3. The zero-order chi connectivity index (χ0) is 37.7. The van der Waals surface area contributed by atoms with E-state index in [0.717, 1.165) is 69.0 Å². The van der Waals surface area contributed by atoms with Gasteiger partial charge in [-0.15, -0.1) is 0 Å². The average molecular weight is 732 g/mol. The maximum Gasteiger partial charge on any atom is 0.164 e. The normalized spacial score (nSPS) is 15.2. The molecule has 0 aliphatic heterocycles. The fourth-order valence-electron chi connectivity index (χ4n) is 8.53. The maximum absolute atomic E-state index is 6.50. The van der Waals surface area contributed by atoms with Crippen molar-refractivity contribution in [1.29, 1.82) is 0 Å². The van der Waals surface area contributed by atoms with E-state index in [-0.39, 0.29) is 5.92 Å². The second-order valence-corrected chi connectivity index (χ2v) is 15.0. The first-order chi connectivity index (χ1) is 28.2. The first-order valence-corrected chi connectivity index (χ1v) is 19.8. The molecule has 0 amide bonds. The van der Waals surface area contributed by atoms with Crippen LogP contribution in [0.1, 0.15) is 36.6 Å². The van der Waals surface area contributed by atoms with Gasteiger partial charge in [-0.3, -0.25) is 0 Å². The summed E-state index contributed by atoms with van der Waals surface area (Å²) in [6.07, 6.45) is 18.4. The molecular weight excluding hydrogens is 695 g/mol. The van der Waals surface area contributed by atoms with E-state index in [1.54, 1.807) is 0 Å². The van der Waals surface area contributed by atoms with Crippen molar-refractivity contribution in [2.75, 3.05) is 0 Å². The predicted octanol–water partition coefficient (Wildman–Crippen LogP) is 14.1. The predicted molar refractivity (Wildman–Crippen MR) is 236 cm³/mol. The second-order valence-electron chi connectivity index (χ2n) is 15.0. The molecule has 57 heavy (non-hydrogen) atoms. The summed E-state index contributed by atoms with van der Waals surface area (Å²) in [5.74, 6) is 2.21. The van der Waals surface area contributed by atoms with Crippen LogP contribution in [-0.4, -0.2) is 15.0 Å². The summed E-state index contributed by atoms with van der Waals surface area (Å²) in [5, 5.41) is 6.92. The van der Waals surface area contributed by atoms with E-state index in [1.807, 2.05) is 12.1 Å². The highest BCUT2D eigenvalue weighted by molar-refractivity contribution is 6.13. The van der Waals surface area contributed by atoms with E-state index >= 15 is 0 Å². The van der Waals surface area contributed by atoms with Gasteiger partial charge in [0.2, 0.25) is 0 Å². The van der Waals surface area contributed by atoms with E-state index in [1.165, 1.54) is 38.2 Å². The lowest BCUT2D eigenvalue weighted by Crippen LogP contribution is -2.04. The first-order valence-electron chi connectivity index (χ1n) is 19.8. The summed E-state index contributed by atoms with van der Waals surface area (Å²) in [5.41, 5.74) is 10.5. The summed E-state index contributed by atoms with van der Waals surface area (Å²) in [6.45, 7) is 0. The minimum Gasteiger partial charge on any atom is -0.456 e. The van der Waals surface area contributed by atoms with Gasteiger partial charge in [-0.05, 0) is 105 Å². The largest absolute Gasteiger partial charge is 0.456 e. The molecule has 4 heteroatoms. The molecule has 0 bridgehead atoms.